The number of halogens is 3. The summed E-state index contributed by atoms with van der Waals surface area (Å²) in [5.74, 6) is 0.130. The molecule has 3 nitrogen and oxygen atoms in total. The van der Waals surface area contributed by atoms with Gasteiger partial charge in [0.25, 0.3) is 0 Å². The minimum Gasteiger partial charge on any atom is -0.406 e. The summed E-state index contributed by atoms with van der Waals surface area (Å²) in [5.41, 5.74) is 0.888. The van der Waals surface area contributed by atoms with E-state index in [1.807, 2.05) is 7.05 Å². The van der Waals surface area contributed by atoms with Gasteiger partial charge in [-0.2, -0.15) is 0 Å². The van der Waals surface area contributed by atoms with Crippen molar-refractivity contribution in [3.8, 4) is 5.75 Å². The number of nitrogens with one attached hydrogen (secondary N) is 1. The molecule has 2 unspecified atom stereocenters. The van der Waals surface area contributed by atoms with Crippen molar-refractivity contribution in [1.29, 1.82) is 0 Å². The first-order valence-electron chi connectivity index (χ1n) is 6.61. The molecule has 1 aromatic carbocycles. The minimum absolute atomic E-state index is 0.0730. The highest BCUT2D eigenvalue weighted by Gasteiger charge is 2.31. The van der Waals surface area contributed by atoms with E-state index in [0.29, 0.717) is 12.5 Å². The fourth-order valence-electron chi connectivity index (χ4n) is 2.54. The van der Waals surface area contributed by atoms with Crippen LogP contribution in [0.4, 0.5) is 13.2 Å². The van der Waals surface area contributed by atoms with E-state index in [4.69, 9.17) is 4.74 Å². The van der Waals surface area contributed by atoms with Gasteiger partial charge < -0.3 is 14.8 Å². The van der Waals surface area contributed by atoms with Crippen LogP contribution in [-0.2, 0) is 4.74 Å². The Labute approximate surface area is 116 Å². The van der Waals surface area contributed by atoms with Crippen molar-refractivity contribution in [2.24, 2.45) is 5.92 Å². The second-order valence-corrected chi connectivity index (χ2v) is 4.87. The molecule has 6 heteroatoms. The predicted molar refractivity (Wildman–Crippen MR) is 68.5 cm³/mol. The SMILES string of the molecule is CNCC1CCCOC1c1ccc(OC(F)(F)F)cc1. The number of ether oxygens (including phenoxy) is 2. The first-order valence-corrected chi connectivity index (χ1v) is 6.61. The summed E-state index contributed by atoms with van der Waals surface area (Å²) in [6.07, 6.45) is -2.67. The van der Waals surface area contributed by atoms with E-state index in [-0.39, 0.29) is 11.9 Å². The zero-order chi connectivity index (χ0) is 14.6. The average Bonchev–Trinajstić information content (AvgIpc) is 2.39. The van der Waals surface area contributed by atoms with Gasteiger partial charge in [-0.3, -0.25) is 0 Å². The standard InChI is InChI=1S/C14H18F3NO2/c1-18-9-11-3-2-8-19-13(11)10-4-6-12(7-5-10)20-14(15,16)17/h4-7,11,13,18H,2-3,8-9H2,1H3. The van der Waals surface area contributed by atoms with E-state index >= 15 is 0 Å². The topological polar surface area (TPSA) is 30.5 Å². The van der Waals surface area contributed by atoms with Crippen LogP contribution in [0, 0.1) is 5.92 Å². The third kappa shape index (κ3) is 4.11. The van der Waals surface area contributed by atoms with Gasteiger partial charge in [-0.15, -0.1) is 13.2 Å². The first-order chi connectivity index (χ1) is 9.49. The lowest BCUT2D eigenvalue weighted by Crippen LogP contribution is -2.30. The smallest absolute Gasteiger partial charge is 0.406 e. The van der Waals surface area contributed by atoms with Crippen molar-refractivity contribution in [2.45, 2.75) is 25.3 Å². The lowest BCUT2D eigenvalue weighted by molar-refractivity contribution is -0.274. The number of rotatable bonds is 4. The molecule has 20 heavy (non-hydrogen) atoms. The summed E-state index contributed by atoms with van der Waals surface area (Å²) in [4.78, 5) is 0. The van der Waals surface area contributed by atoms with Crippen molar-refractivity contribution in [1.82, 2.24) is 5.32 Å². The summed E-state index contributed by atoms with van der Waals surface area (Å²) in [6.45, 7) is 1.51. The highest BCUT2D eigenvalue weighted by atomic mass is 19.4. The van der Waals surface area contributed by atoms with Crippen LogP contribution in [0.3, 0.4) is 0 Å². The molecule has 112 valence electrons. The fraction of sp³-hybridized carbons (Fsp3) is 0.571. The van der Waals surface area contributed by atoms with Crippen LogP contribution in [0.25, 0.3) is 0 Å². The van der Waals surface area contributed by atoms with Gasteiger partial charge >= 0.3 is 6.36 Å². The van der Waals surface area contributed by atoms with Crippen LogP contribution < -0.4 is 10.1 Å². The van der Waals surface area contributed by atoms with E-state index in [2.05, 4.69) is 10.1 Å². The lowest BCUT2D eigenvalue weighted by atomic mass is 9.89. The summed E-state index contributed by atoms with van der Waals surface area (Å²) in [6, 6.07) is 5.94. The van der Waals surface area contributed by atoms with Crippen LogP contribution >= 0.6 is 0 Å². The Morgan fingerprint density at radius 1 is 1.30 bits per heavy atom. The van der Waals surface area contributed by atoms with Crippen LogP contribution in [0.2, 0.25) is 0 Å². The number of alkyl halides is 3. The van der Waals surface area contributed by atoms with E-state index in [9.17, 15) is 13.2 Å². The molecule has 0 aromatic heterocycles. The molecular formula is C14H18F3NO2. The molecule has 2 atom stereocenters. The fourth-order valence-corrected chi connectivity index (χ4v) is 2.54. The Kier molecular flexibility index (Phi) is 4.88. The molecule has 0 amide bonds. The maximum atomic E-state index is 12.1. The maximum Gasteiger partial charge on any atom is 0.573 e. The number of hydrogen-bond donors (Lipinski definition) is 1. The Hall–Kier alpha value is -1.27. The van der Waals surface area contributed by atoms with Crippen molar-refractivity contribution in [2.75, 3.05) is 20.2 Å². The largest absolute Gasteiger partial charge is 0.573 e. The average molecular weight is 289 g/mol. The van der Waals surface area contributed by atoms with Gasteiger partial charge in [0.1, 0.15) is 5.75 Å². The molecule has 0 spiro atoms. The molecule has 1 aliphatic heterocycles. The van der Waals surface area contributed by atoms with E-state index in [1.54, 1.807) is 12.1 Å². The summed E-state index contributed by atoms with van der Waals surface area (Å²) < 4.78 is 45.9. The molecule has 0 saturated carbocycles. The normalized spacial score (nSPS) is 23.6. The molecular weight excluding hydrogens is 271 g/mol. The lowest BCUT2D eigenvalue weighted by Gasteiger charge is -2.32. The highest BCUT2D eigenvalue weighted by molar-refractivity contribution is 5.29. The summed E-state index contributed by atoms with van der Waals surface area (Å²) in [5, 5.41) is 3.13. The molecule has 0 radical (unpaired) electrons. The highest BCUT2D eigenvalue weighted by Crippen LogP contribution is 2.34. The van der Waals surface area contributed by atoms with Gasteiger partial charge in [0.15, 0.2) is 0 Å². The monoisotopic (exact) mass is 289 g/mol. The zero-order valence-corrected chi connectivity index (χ0v) is 11.2. The third-order valence-corrected chi connectivity index (χ3v) is 3.35. The molecule has 1 fully saturated rings. The molecule has 2 rings (SSSR count). The predicted octanol–water partition coefficient (Wildman–Crippen LogP) is 3.27. The minimum atomic E-state index is -4.66. The third-order valence-electron chi connectivity index (χ3n) is 3.35. The Balaban J connectivity index is 2.07. The van der Waals surface area contributed by atoms with Gasteiger partial charge in [-0.05, 0) is 37.6 Å². The first kappa shape index (κ1) is 15.1. The van der Waals surface area contributed by atoms with Crippen molar-refractivity contribution < 1.29 is 22.6 Å². The second-order valence-electron chi connectivity index (χ2n) is 4.87. The second kappa shape index (κ2) is 6.45. The van der Waals surface area contributed by atoms with Gasteiger partial charge in [0, 0.05) is 19.1 Å². The van der Waals surface area contributed by atoms with Gasteiger partial charge in [-0.25, -0.2) is 0 Å². The zero-order valence-electron chi connectivity index (χ0n) is 11.2. The van der Waals surface area contributed by atoms with E-state index in [1.165, 1.54) is 12.1 Å². The molecule has 1 aliphatic rings. The molecule has 1 aromatic rings. The Bertz CT molecular complexity index is 417. The van der Waals surface area contributed by atoms with Gasteiger partial charge in [0.05, 0.1) is 6.10 Å². The van der Waals surface area contributed by atoms with Crippen molar-refractivity contribution in [3.63, 3.8) is 0 Å². The van der Waals surface area contributed by atoms with Gasteiger partial charge in [0.2, 0.25) is 0 Å². The quantitative estimate of drug-likeness (QED) is 0.922. The number of benzene rings is 1. The molecule has 1 N–H and O–H groups in total. The van der Waals surface area contributed by atoms with Crippen molar-refractivity contribution in [3.05, 3.63) is 29.8 Å². The molecule has 1 heterocycles. The van der Waals surface area contributed by atoms with E-state index < -0.39 is 6.36 Å². The van der Waals surface area contributed by atoms with Crippen LogP contribution in [0.15, 0.2) is 24.3 Å². The van der Waals surface area contributed by atoms with E-state index in [0.717, 1.165) is 24.9 Å². The number of hydrogen-bond acceptors (Lipinski definition) is 3. The molecule has 0 aliphatic carbocycles. The van der Waals surface area contributed by atoms with Crippen LogP contribution in [0.1, 0.15) is 24.5 Å². The van der Waals surface area contributed by atoms with Gasteiger partial charge in [-0.1, -0.05) is 12.1 Å². The summed E-state index contributed by atoms with van der Waals surface area (Å²) in [7, 11) is 1.88. The van der Waals surface area contributed by atoms with Crippen LogP contribution in [0.5, 0.6) is 5.75 Å². The Morgan fingerprint density at radius 2 is 2.00 bits per heavy atom. The Morgan fingerprint density at radius 3 is 2.60 bits per heavy atom. The maximum absolute atomic E-state index is 12.1. The van der Waals surface area contributed by atoms with Crippen LogP contribution in [-0.4, -0.2) is 26.6 Å². The summed E-state index contributed by atoms with van der Waals surface area (Å²) >= 11 is 0. The molecule has 1 saturated heterocycles. The molecule has 0 bridgehead atoms. The van der Waals surface area contributed by atoms with Crippen molar-refractivity contribution >= 4 is 0 Å².